The second-order valence-corrected chi connectivity index (χ2v) is 11.0. The van der Waals surface area contributed by atoms with E-state index in [2.05, 4.69) is 10.3 Å². The molecule has 11 nitrogen and oxygen atoms in total. The van der Waals surface area contributed by atoms with Crippen molar-refractivity contribution in [2.45, 2.75) is 17.9 Å². The molecular formula is C30H26ClN3O8S. The third-order valence-corrected chi connectivity index (χ3v) is 7.64. The van der Waals surface area contributed by atoms with Crippen molar-refractivity contribution in [3.05, 3.63) is 118 Å². The van der Waals surface area contributed by atoms with Gasteiger partial charge in [0.1, 0.15) is 12.4 Å². The number of nitrogens with zero attached hydrogens (tertiary/aromatic N) is 1. The average Bonchev–Trinajstić information content (AvgIpc) is 3.01. The largest absolute Gasteiger partial charge is 0.515 e. The van der Waals surface area contributed by atoms with Crippen LogP contribution in [0.3, 0.4) is 0 Å². The summed E-state index contributed by atoms with van der Waals surface area (Å²) in [5.74, 6) is -0.926. The van der Waals surface area contributed by atoms with Crippen LogP contribution in [0.25, 0.3) is 0 Å². The SMILES string of the molecule is COc1ccc(Cl)c(C(=O)NCCc2ccc(S(=O)(=O)NC(=O)c3ccc(OC(=O)OCc4ccccc4)nc3)cc2)c1. The van der Waals surface area contributed by atoms with Gasteiger partial charge in [0.15, 0.2) is 0 Å². The number of ether oxygens (including phenoxy) is 3. The van der Waals surface area contributed by atoms with E-state index in [1.165, 1.54) is 37.4 Å². The predicted octanol–water partition coefficient (Wildman–Crippen LogP) is 4.55. The summed E-state index contributed by atoms with van der Waals surface area (Å²) < 4.78 is 42.6. The van der Waals surface area contributed by atoms with Crippen LogP contribution in [0, 0.1) is 0 Å². The number of carbonyl (C=O) groups is 3. The van der Waals surface area contributed by atoms with Crippen molar-refractivity contribution in [2.24, 2.45) is 0 Å². The molecular weight excluding hydrogens is 598 g/mol. The number of rotatable bonds is 11. The molecule has 2 amide bonds. The van der Waals surface area contributed by atoms with E-state index in [-0.39, 0.29) is 46.0 Å². The number of methoxy groups -OCH3 is 1. The number of sulfonamides is 1. The lowest BCUT2D eigenvalue weighted by Crippen LogP contribution is -2.30. The second-order valence-electron chi connectivity index (χ2n) is 8.94. The molecule has 4 aromatic rings. The van der Waals surface area contributed by atoms with Crippen LogP contribution in [0.2, 0.25) is 5.02 Å². The number of aromatic nitrogens is 1. The van der Waals surface area contributed by atoms with Crippen LogP contribution < -0.4 is 19.5 Å². The molecule has 0 saturated heterocycles. The Morgan fingerprint density at radius 2 is 1.63 bits per heavy atom. The lowest BCUT2D eigenvalue weighted by Gasteiger charge is -2.10. The minimum absolute atomic E-state index is 0.00908. The molecule has 0 fully saturated rings. The third-order valence-electron chi connectivity index (χ3n) is 5.96. The van der Waals surface area contributed by atoms with E-state index >= 15 is 0 Å². The molecule has 4 rings (SSSR count). The zero-order valence-electron chi connectivity index (χ0n) is 22.8. The molecule has 0 aliphatic carbocycles. The summed E-state index contributed by atoms with van der Waals surface area (Å²) in [5.41, 5.74) is 1.73. The summed E-state index contributed by atoms with van der Waals surface area (Å²) in [7, 11) is -2.71. The Labute approximate surface area is 252 Å². The number of hydrogen-bond donors (Lipinski definition) is 2. The molecule has 1 aromatic heterocycles. The molecule has 0 unspecified atom stereocenters. The molecule has 13 heteroatoms. The maximum Gasteiger partial charge on any atom is 0.515 e. The molecule has 0 aliphatic rings. The summed E-state index contributed by atoms with van der Waals surface area (Å²) in [6.45, 7) is 0.280. The van der Waals surface area contributed by atoms with Gasteiger partial charge in [-0.25, -0.2) is 22.9 Å². The molecule has 1 heterocycles. The number of benzene rings is 3. The topological polar surface area (TPSA) is 150 Å². The Bertz CT molecular complexity index is 1700. The van der Waals surface area contributed by atoms with Gasteiger partial charge in [-0.3, -0.25) is 9.59 Å². The van der Waals surface area contributed by atoms with E-state index in [9.17, 15) is 22.8 Å². The van der Waals surface area contributed by atoms with Gasteiger partial charge in [0.25, 0.3) is 21.8 Å². The zero-order chi connectivity index (χ0) is 30.8. The number of pyridine rings is 1. The molecule has 43 heavy (non-hydrogen) atoms. The molecule has 222 valence electrons. The highest BCUT2D eigenvalue weighted by Crippen LogP contribution is 2.22. The number of nitrogens with one attached hydrogen (secondary N) is 2. The normalized spacial score (nSPS) is 10.8. The van der Waals surface area contributed by atoms with E-state index in [1.807, 2.05) is 10.8 Å². The first kappa shape index (κ1) is 31.0. The van der Waals surface area contributed by atoms with Crippen molar-refractivity contribution in [3.8, 4) is 11.6 Å². The monoisotopic (exact) mass is 623 g/mol. The van der Waals surface area contributed by atoms with Crippen LogP contribution in [-0.4, -0.2) is 45.0 Å². The maximum absolute atomic E-state index is 12.8. The summed E-state index contributed by atoms with van der Waals surface area (Å²) in [6.07, 6.45) is 0.504. The molecule has 2 N–H and O–H groups in total. The number of halogens is 1. The number of amides is 2. The third kappa shape index (κ3) is 8.77. The molecule has 3 aromatic carbocycles. The lowest BCUT2D eigenvalue weighted by atomic mass is 10.1. The Morgan fingerprint density at radius 3 is 2.30 bits per heavy atom. The van der Waals surface area contributed by atoms with Gasteiger partial charge in [-0.05, 0) is 53.9 Å². The van der Waals surface area contributed by atoms with Gasteiger partial charge in [-0.1, -0.05) is 54.1 Å². The van der Waals surface area contributed by atoms with Crippen molar-refractivity contribution in [2.75, 3.05) is 13.7 Å². The smallest absolute Gasteiger partial charge is 0.497 e. The quantitative estimate of drug-likeness (QED) is 0.229. The average molecular weight is 624 g/mol. The summed E-state index contributed by atoms with van der Waals surface area (Å²) in [6, 6.07) is 22.1. The van der Waals surface area contributed by atoms with Crippen LogP contribution >= 0.6 is 11.6 Å². The predicted molar refractivity (Wildman–Crippen MR) is 157 cm³/mol. The summed E-state index contributed by atoms with van der Waals surface area (Å²) in [4.78, 5) is 40.6. The Morgan fingerprint density at radius 1 is 0.884 bits per heavy atom. The zero-order valence-corrected chi connectivity index (χ0v) is 24.4. The van der Waals surface area contributed by atoms with Gasteiger partial charge in [0.05, 0.1) is 28.2 Å². The molecule has 0 aliphatic heterocycles. The molecule has 0 radical (unpaired) electrons. The van der Waals surface area contributed by atoms with Crippen molar-refractivity contribution < 1.29 is 37.0 Å². The Kier molecular flexibility index (Phi) is 10.3. The van der Waals surface area contributed by atoms with Crippen LogP contribution in [-0.2, 0) is 27.8 Å². The summed E-state index contributed by atoms with van der Waals surface area (Å²) >= 11 is 6.10. The van der Waals surface area contributed by atoms with Crippen molar-refractivity contribution in [1.82, 2.24) is 15.0 Å². The van der Waals surface area contributed by atoms with Gasteiger partial charge in [-0.2, -0.15) is 0 Å². The molecule has 0 bridgehead atoms. The van der Waals surface area contributed by atoms with E-state index < -0.39 is 22.1 Å². The van der Waals surface area contributed by atoms with E-state index in [4.69, 9.17) is 25.8 Å². The first-order valence-corrected chi connectivity index (χ1v) is 14.6. The first-order chi connectivity index (χ1) is 20.6. The van der Waals surface area contributed by atoms with Gasteiger partial charge in [-0.15, -0.1) is 0 Å². The number of carbonyl (C=O) groups excluding carboxylic acids is 3. The minimum atomic E-state index is -4.20. The van der Waals surface area contributed by atoms with Gasteiger partial charge < -0.3 is 19.5 Å². The van der Waals surface area contributed by atoms with Crippen LogP contribution in [0.1, 0.15) is 31.8 Å². The van der Waals surface area contributed by atoms with E-state index in [0.29, 0.717) is 12.2 Å². The van der Waals surface area contributed by atoms with Gasteiger partial charge in [0, 0.05) is 18.8 Å². The minimum Gasteiger partial charge on any atom is -0.497 e. The van der Waals surface area contributed by atoms with Crippen molar-refractivity contribution in [3.63, 3.8) is 0 Å². The standard InChI is InChI=1S/C30H26ClN3O8S/c1-40-23-10-13-26(31)25(17-23)29(36)32-16-15-20-7-11-24(12-8-20)43(38,39)34-28(35)22-9-14-27(33-18-22)42-30(37)41-19-21-5-3-2-4-6-21/h2-14,17-18H,15-16,19H2,1H3,(H,32,36)(H,34,35). The fourth-order valence-corrected chi connectivity index (χ4v) is 4.88. The molecule has 0 spiro atoms. The van der Waals surface area contributed by atoms with Crippen molar-refractivity contribution >= 4 is 39.6 Å². The number of hydrogen-bond acceptors (Lipinski definition) is 9. The Balaban J connectivity index is 1.26. The van der Waals surface area contributed by atoms with Gasteiger partial charge >= 0.3 is 6.16 Å². The van der Waals surface area contributed by atoms with Crippen molar-refractivity contribution in [1.29, 1.82) is 0 Å². The fourth-order valence-electron chi connectivity index (χ4n) is 3.70. The van der Waals surface area contributed by atoms with E-state index in [0.717, 1.165) is 17.3 Å². The van der Waals surface area contributed by atoms with E-state index in [1.54, 1.807) is 48.5 Å². The van der Waals surface area contributed by atoms with Crippen LogP contribution in [0.4, 0.5) is 4.79 Å². The maximum atomic E-state index is 12.8. The fraction of sp³-hybridized carbons (Fsp3) is 0.133. The highest BCUT2D eigenvalue weighted by Gasteiger charge is 2.20. The highest BCUT2D eigenvalue weighted by atomic mass is 35.5. The summed E-state index contributed by atoms with van der Waals surface area (Å²) in [5, 5.41) is 3.05. The first-order valence-electron chi connectivity index (χ1n) is 12.8. The van der Waals surface area contributed by atoms with Crippen LogP contribution in [0.5, 0.6) is 11.6 Å². The van der Waals surface area contributed by atoms with Gasteiger partial charge in [0.2, 0.25) is 5.88 Å². The molecule has 0 saturated carbocycles. The highest BCUT2D eigenvalue weighted by molar-refractivity contribution is 7.90. The van der Waals surface area contributed by atoms with Crippen LogP contribution in [0.15, 0.2) is 96.0 Å². The Hall–Kier alpha value is -4.94. The molecule has 0 atom stereocenters. The second kappa shape index (κ2) is 14.3. The lowest BCUT2D eigenvalue weighted by molar-refractivity contribution is 0.0910.